The van der Waals surface area contributed by atoms with Gasteiger partial charge in [-0.25, -0.2) is 0 Å². The topological polar surface area (TPSA) is 218 Å². The zero-order chi connectivity index (χ0) is 50.5. The number of halogens is 5. The number of ether oxygens (including phenoxy) is 2. The number of Topliss-reactive ketones (excluding diaryl/α,β-unsaturated/α-hetero) is 2. The molecular weight excluding hydrogens is 994 g/mol. The fourth-order valence-electron chi connectivity index (χ4n) is 6.50. The molecule has 0 aromatic heterocycles. The summed E-state index contributed by atoms with van der Waals surface area (Å²) in [5, 5.41) is 26.3. The van der Waals surface area contributed by atoms with Crippen molar-refractivity contribution in [2.24, 2.45) is 20.5 Å². The van der Waals surface area contributed by atoms with Gasteiger partial charge in [0.1, 0.15) is 11.5 Å². The summed E-state index contributed by atoms with van der Waals surface area (Å²) in [5.41, 5.74) is 3.35. The van der Waals surface area contributed by atoms with E-state index in [1.165, 1.54) is 82.7 Å². The third kappa shape index (κ3) is 14.3. The Balaban J connectivity index is 1.28. The molecule has 0 aliphatic rings. The van der Waals surface area contributed by atoms with Gasteiger partial charge in [-0.15, -0.1) is 34.8 Å². The van der Waals surface area contributed by atoms with E-state index in [4.69, 9.17) is 67.5 Å². The Morgan fingerprint density at radius 3 is 1.41 bits per heavy atom. The second kappa shape index (κ2) is 24.7. The SMILES string of the molecule is COc1ccc(NC(=O)c2cc(N=NC(C(C)=O)C(=O)Nc3ccc(NC(=O)C(N=Nc4ccc(Cl)c(C(=O)Nc5ccc(OC)cc5C(C)Cl)c4)C(C)=O)c(CCCl)c3)ccc2Cl)c(C(C)Cl)c1. The van der Waals surface area contributed by atoms with Gasteiger partial charge in [-0.2, -0.15) is 20.5 Å². The lowest BCUT2D eigenvalue weighted by Crippen LogP contribution is -2.32. The fourth-order valence-corrected chi connectivity index (χ4v) is 7.47. The van der Waals surface area contributed by atoms with E-state index in [1.807, 2.05) is 0 Å². The van der Waals surface area contributed by atoms with E-state index < -0.39 is 58.0 Å². The van der Waals surface area contributed by atoms with Crippen molar-refractivity contribution in [2.75, 3.05) is 41.4 Å². The Bertz CT molecular complexity index is 2840. The lowest BCUT2D eigenvalue weighted by atomic mass is 10.1. The molecule has 5 aromatic carbocycles. The summed E-state index contributed by atoms with van der Waals surface area (Å²) in [4.78, 5) is 79.1. The third-order valence-electron chi connectivity index (χ3n) is 10.1. The van der Waals surface area contributed by atoms with Crippen LogP contribution in [0.1, 0.15) is 75.9 Å². The molecule has 0 radical (unpaired) electrons. The molecule has 16 nitrogen and oxygen atoms in total. The molecule has 0 aliphatic heterocycles. The van der Waals surface area contributed by atoms with E-state index in [2.05, 4.69) is 41.7 Å². The molecule has 4 unspecified atom stereocenters. The van der Waals surface area contributed by atoms with Gasteiger partial charge >= 0.3 is 0 Å². The van der Waals surface area contributed by atoms with Crippen molar-refractivity contribution in [3.8, 4) is 11.5 Å². The van der Waals surface area contributed by atoms with Crippen LogP contribution in [0.3, 0.4) is 0 Å². The number of hydrogen-bond acceptors (Lipinski definition) is 12. The molecule has 21 heteroatoms. The molecule has 360 valence electrons. The monoisotopic (exact) mass is 1040 g/mol. The van der Waals surface area contributed by atoms with Crippen molar-refractivity contribution >= 4 is 127 Å². The molecule has 4 atom stereocenters. The molecule has 0 heterocycles. The number of amides is 4. The first kappa shape index (κ1) is 53.5. The summed E-state index contributed by atoms with van der Waals surface area (Å²) in [5.74, 6) is -2.88. The summed E-state index contributed by atoms with van der Waals surface area (Å²) in [6.45, 7) is 5.82. The van der Waals surface area contributed by atoms with Crippen LogP contribution in [0.2, 0.25) is 10.0 Å². The van der Waals surface area contributed by atoms with E-state index in [9.17, 15) is 28.8 Å². The van der Waals surface area contributed by atoms with E-state index in [1.54, 1.807) is 50.2 Å². The number of carbonyl (C=O) groups excluding carboxylic acids is 6. The van der Waals surface area contributed by atoms with Gasteiger partial charge in [-0.05, 0) is 142 Å². The molecule has 4 amide bonds. The van der Waals surface area contributed by atoms with Gasteiger partial charge in [0.05, 0.1) is 57.5 Å². The summed E-state index contributed by atoms with van der Waals surface area (Å²) in [6.07, 6.45) is 0.206. The van der Waals surface area contributed by atoms with Gasteiger partial charge in [0.25, 0.3) is 23.6 Å². The number of azo groups is 2. The van der Waals surface area contributed by atoms with E-state index in [0.717, 1.165) is 0 Å². The summed E-state index contributed by atoms with van der Waals surface area (Å²) >= 11 is 31.6. The average molecular weight is 1040 g/mol. The second-order valence-electron chi connectivity index (χ2n) is 15.1. The molecule has 0 spiro atoms. The summed E-state index contributed by atoms with van der Waals surface area (Å²) in [7, 11) is 3.02. The van der Waals surface area contributed by atoms with Gasteiger partial charge in [-0.1, -0.05) is 23.2 Å². The van der Waals surface area contributed by atoms with Crippen molar-refractivity contribution in [3.63, 3.8) is 0 Å². The minimum absolute atomic E-state index is 0.0383. The largest absolute Gasteiger partial charge is 0.497 e. The third-order valence-corrected chi connectivity index (χ3v) is 11.4. The molecule has 69 heavy (non-hydrogen) atoms. The number of methoxy groups -OCH3 is 2. The Morgan fingerprint density at radius 1 is 0.565 bits per heavy atom. The first-order chi connectivity index (χ1) is 32.8. The maximum absolute atomic E-state index is 13.5. The maximum Gasteiger partial charge on any atom is 0.258 e. The highest BCUT2D eigenvalue weighted by molar-refractivity contribution is 6.35. The first-order valence-electron chi connectivity index (χ1n) is 20.8. The molecule has 0 aliphatic carbocycles. The molecule has 0 saturated carbocycles. The van der Waals surface area contributed by atoms with Gasteiger partial charge in [0.15, 0.2) is 11.6 Å². The van der Waals surface area contributed by atoms with Crippen LogP contribution in [-0.2, 0) is 25.6 Å². The lowest BCUT2D eigenvalue weighted by molar-refractivity contribution is -0.127. The minimum atomic E-state index is -1.61. The number of nitrogens with zero attached hydrogens (tertiary/aromatic N) is 4. The minimum Gasteiger partial charge on any atom is -0.497 e. The van der Waals surface area contributed by atoms with Crippen LogP contribution >= 0.6 is 58.0 Å². The van der Waals surface area contributed by atoms with Crippen LogP contribution in [0, 0.1) is 0 Å². The number of hydrogen-bond donors (Lipinski definition) is 4. The van der Waals surface area contributed by atoms with Crippen LogP contribution in [0.15, 0.2) is 111 Å². The quantitative estimate of drug-likeness (QED) is 0.0333. The highest BCUT2D eigenvalue weighted by Gasteiger charge is 2.27. The highest BCUT2D eigenvalue weighted by atomic mass is 35.5. The molecule has 0 fully saturated rings. The van der Waals surface area contributed by atoms with Crippen molar-refractivity contribution in [1.82, 2.24) is 0 Å². The van der Waals surface area contributed by atoms with Gasteiger partial charge in [-0.3, -0.25) is 28.8 Å². The number of alkyl halides is 3. The zero-order valence-electron chi connectivity index (χ0n) is 37.8. The van der Waals surface area contributed by atoms with Crippen LogP contribution in [-0.4, -0.2) is 67.4 Å². The highest BCUT2D eigenvalue weighted by Crippen LogP contribution is 2.34. The fraction of sp³-hybridized carbons (Fsp3) is 0.250. The zero-order valence-corrected chi connectivity index (χ0v) is 41.6. The summed E-state index contributed by atoms with van der Waals surface area (Å²) in [6, 6.07) is 19.7. The van der Waals surface area contributed by atoms with Crippen LogP contribution < -0.4 is 30.7 Å². The van der Waals surface area contributed by atoms with Crippen molar-refractivity contribution in [1.29, 1.82) is 0 Å². The molecule has 5 aromatic rings. The maximum atomic E-state index is 13.5. The van der Waals surface area contributed by atoms with Gasteiger partial charge in [0.2, 0.25) is 12.1 Å². The standard InChI is InChI=1S/C48H45Cl5N8O8/c1-24(50)34-22-32(68-5)10-15-41(34)56-45(64)36-20-30(7-12-38(36)52)58-60-43(26(3)62)47(66)54-29-9-14-40(28(19-29)17-18-49)55-48(67)44(27(4)63)61-59-31-8-13-39(53)37(21-31)46(65)57-42-16-11-33(69-6)23-35(42)25(2)51/h7-16,19-25,43-44H,17-18H2,1-6H3,(H,54,66)(H,55,67)(H,56,64)(H,57,65). The summed E-state index contributed by atoms with van der Waals surface area (Å²) < 4.78 is 10.5. The number of anilines is 4. The molecular formula is C48H45Cl5N8O8. The van der Waals surface area contributed by atoms with Crippen LogP contribution in [0.5, 0.6) is 11.5 Å². The normalized spacial score (nSPS) is 13.0. The van der Waals surface area contributed by atoms with E-state index >= 15 is 0 Å². The Hall–Kier alpha value is -6.43. The number of rotatable bonds is 20. The molecule has 0 saturated heterocycles. The predicted octanol–water partition coefficient (Wildman–Crippen LogP) is 12.3. The first-order valence-corrected chi connectivity index (χ1v) is 23.0. The number of ketones is 2. The van der Waals surface area contributed by atoms with Crippen molar-refractivity contribution < 1.29 is 38.2 Å². The molecule has 5 rings (SSSR count). The van der Waals surface area contributed by atoms with Gasteiger partial charge in [0, 0.05) is 28.6 Å². The average Bonchev–Trinajstić information content (AvgIpc) is 3.30. The number of benzene rings is 5. The van der Waals surface area contributed by atoms with E-state index in [0.29, 0.717) is 39.6 Å². The van der Waals surface area contributed by atoms with E-state index in [-0.39, 0.29) is 56.2 Å². The Labute approximate surface area is 422 Å². The number of aryl methyl sites for hydroxylation is 1. The smallest absolute Gasteiger partial charge is 0.258 e. The van der Waals surface area contributed by atoms with Crippen molar-refractivity contribution in [3.05, 3.63) is 129 Å². The number of nitrogens with one attached hydrogen (secondary N) is 4. The van der Waals surface area contributed by atoms with Crippen LogP contribution in [0.4, 0.5) is 34.1 Å². The number of carbonyl (C=O) groups is 6. The molecule has 0 bridgehead atoms. The molecule has 4 N–H and O–H groups in total. The lowest BCUT2D eigenvalue weighted by Gasteiger charge is -2.16. The second-order valence-corrected chi connectivity index (χ2v) is 17.6. The van der Waals surface area contributed by atoms with Crippen molar-refractivity contribution in [2.45, 2.75) is 57.0 Å². The Kier molecular flexibility index (Phi) is 19.2. The van der Waals surface area contributed by atoms with Crippen LogP contribution in [0.25, 0.3) is 0 Å². The van der Waals surface area contributed by atoms with Gasteiger partial charge < -0.3 is 30.7 Å². The predicted molar refractivity (Wildman–Crippen MR) is 269 cm³/mol. The Morgan fingerprint density at radius 2 is 1.00 bits per heavy atom.